The van der Waals surface area contributed by atoms with Gasteiger partial charge >= 0.3 is 0 Å². The number of ether oxygens (including phenoxy) is 1. The summed E-state index contributed by atoms with van der Waals surface area (Å²) in [7, 11) is 1.67. The van der Waals surface area contributed by atoms with Gasteiger partial charge in [-0.3, -0.25) is 4.79 Å². The van der Waals surface area contributed by atoms with Crippen molar-refractivity contribution in [2.45, 2.75) is 85.0 Å². The number of allylic oxidation sites excluding steroid dienone is 3. The molecule has 0 N–H and O–H groups in total. The molecular weight excluding hydrogens is 434 g/mol. The summed E-state index contributed by atoms with van der Waals surface area (Å²) in [6.07, 6.45) is 18.3. The number of carbonyl (C=O) groups is 1. The maximum atomic E-state index is 13.7. The summed E-state index contributed by atoms with van der Waals surface area (Å²) >= 11 is 0. The van der Waals surface area contributed by atoms with Crippen LogP contribution in [0.4, 0.5) is 0 Å². The maximum Gasteiger partial charge on any atom is 0.159 e. The predicted molar refractivity (Wildman–Crippen MR) is 142 cm³/mol. The average Bonchev–Trinajstić information content (AvgIpc) is 3.22. The van der Waals surface area contributed by atoms with Crippen molar-refractivity contribution in [2.75, 3.05) is 13.7 Å². The number of hydrazone groups is 2. The molecule has 0 saturated heterocycles. The first kappa shape index (κ1) is 24.8. The molecule has 0 aliphatic heterocycles. The second-order valence-corrected chi connectivity index (χ2v) is 12.8. The molecule has 5 nitrogen and oxygen atoms in total. The zero-order valence-corrected chi connectivity index (χ0v) is 22.3. The van der Waals surface area contributed by atoms with Gasteiger partial charge in [0.1, 0.15) is 12.3 Å². The Bertz CT molecular complexity index is 938. The minimum absolute atomic E-state index is 0.122. The van der Waals surface area contributed by atoms with E-state index in [-0.39, 0.29) is 17.9 Å². The molecule has 4 saturated carbocycles. The monoisotopic (exact) mass is 479 g/mol. The third kappa shape index (κ3) is 4.31. The van der Waals surface area contributed by atoms with Crippen LogP contribution in [-0.2, 0) is 9.53 Å². The average molecular weight is 480 g/mol. The van der Waals surface area contributed by atoms with Crippen molar-refractivity contribution in [3.05, 3.63) is 24.0 Å². The first-order chi connectivity index (χ1) is 16.8. The molecule has 35 heavy (non-hydrogen) atoms. The molecular formula is C30H45N3O2. The van der Waals surface area contributed by atoms with E-state index < -0.39 is 0 Å². The first-order valence-corrected chi connectivity index (χ1v) is 14.0. The Morgan fingerprint density at radius 1 is 1.09 bits per heavy atom. The Morgan fingerprint density at radius 2 is 1.86 bits per heavy atom. The smallest absolute Gasteiger partial charge is 0.159 e. The van der Waals surface area contributed by atoms with Crippen LogP contribution in [-0.4, -0.2) is 37.0 Å². The Labute approximate surface area is 212 Å². The van der Waals surface area contributed by atoms with Crippen LogP contribution in [0.1, 0.15) is 85.0 Å². The highest BCUT2D eigenvalue weighted by Gasteiger charge is 2.61. The van der Waals surface area contributed by atoms with Crippen molar-refractivity contribution >= 4 is 18.2 Å². The lowest BCUT2D eigenvalue weighted by atomic mass is 9.44. The van der Waals surface area contributed by atoms with E-state index >= 15 is 0 Å². The van der Waals surface area contributed by atoms with Crippen LogP contribution >= 0.6 is 0 Å². The quantitative estimate of drug-likeness (QED) is 0.318. The third-order valence-electron chi connectivity index (χ3n) is 11.2. The van der Waals surface area contributed by atoms with E-state index in [0.717, 1.165) is 41.6 Å². The van der Waals surface area contributed by atoms with E-state index in [1.165, 1.54) is 56.5 Å². The van der Waals surface area contributed by atoms with Crippen molar-refractivity contribution in [1.29, 1.82) is 0 Å². The summed E-state index contributed by atoms with van der Waals surface area (Å²) < 4.78 is 5.26. The minimum atomic E-state index is 0.122. The normalized spacial score (nSPS) is 43.5. The van der Waals surface area contributed by atoms with Crippen LogP contribution in [0.2, 0.25) is 0 Å². The number of Topliss-reactive ketones (excluding diaryl/α,β-unsaturated/α-hetero) is 1. The van der Waals surface area contributed by atoms with Crippen LogP contribution in [0.3, 0.4) is 0 Å². The Kier molecular flexibility index (Phi) is 6.74. The molecule has 0 heterocycles. The molecule has 0 bridgehead atoms. The van der Waals surface area contributed by atoms with Gasteiger partial charge in [-0.05, 0) is 110 Å². The molecule has 0 aromatic rings. The van der Waals surface area contributed by atoms with Crippen molar-refractivity contribution in [1.82, 2.24) is 5.12 Å². The lowest BCUT2D eigenvalue weighted by molar-refractivity contribution is -0.137. The topological polar surface area (TPSA) is 54.3 Å². The van der Waals surface area contributed by atoms with Gasteiger partial charge < -0.3 is 4.74 Å². The number of ketones is 1. The highest BCUT2D eigenvalue weighted by Crippen LogP contribution is 2.67. The van der Waals surface area contributed by atoms with Crippen LogP contribution in [0.15, 0.2) is 34.2 Å². The van der Waals surface area contributed by atoms with Crippen LogP contribution in [0.25, 0.3) is 0 Å². The molecule has 5 aliphatic rings. The van der Waals surface area contributed by atoms with E-state index in [1.807, 2.05) is 18.2 Å². The van der Waals surface area contributed by atoms with Crippen LogP contribution in [0, 0.1) is 46.3 Å². The standard InChI is InChI=1S/C30H45N3O2/c1-20-14-16-29(2)21(18-20)6-11-24-25-12-13-27(30(25,3)17-15-26(24)29)28(34)19-33(31-4)32-22-7-9-23(35-5)10-8-22/h7,9-10,20-21,24-27H,4,6,8,11-19H2,1-3,5H3/b32-22-. The third-order valence-corrected chi connectivity index (χ3v) is 11.2. The molecule has 5 aliphatic carbocycles. The summed E-state index contributed by atoms with van der Waals surface area (Å²) in [4.78, 5) is 13.7. The highest BCUT2D eigenvalue weighted by atomic mass is 16.5. The molecule has 0 radical (unpaired) electrons. The van der Waals surface area contributed by atoms with Gasteiger partial charge in [-0.2, -0.15) is 15.3 Å². The number of methoxy groups -OCH3 is 1. The lowest BCUT2D eigenvalue weighted by Crippen LogP contribution is -2.54. The van der Waals surface area contributed by atoms with Crippen LogP contribution < -0.4 is 0 Å². The van der Waals surface area contributed by atoms with Crippen molar-refractivity contribution in [3.63, 3.8) is 0 Å². The molecule has 5 heteroatoms. The van der Waals surface area contributed by atoms with E-state index in [4.69, 9.17) is 4.74 Å². The number of fused-ring (bicyclic) bond motifs is 5. The SMILES string of the molecule is C=NN(CC(=O)C1CCC2C3CCC4CC(C)CCC4(C)C3CCC12C)/N=C1/C=CC(OC)=CC1. The molecule has 192 valence electrons. The van der Waals surface area contributed by atoms with Gasteiger partial charge in [0.15, 0.2) is 5.78 Å². The van der Waals surface area contributed by atoms with E-state index in [2.05, 4.69) is 37.7 Å². The van der Waals surface area contributed by atoms with Gasteiger partial charge in [-0.15, -0.1) is 0 Å². The Hall–Kier alpha value is -1.91. The van der Waals surface area contributed by atoms with Gasteiger partial charge in [-0.25, -0.2) is 0 Å². The summed E-state index contributed by atoms with van der Waals surface area (Å²) in [6.45, 7) is 11.5. The van der Waals surface area contributed by atoms with Gasteiger partial charge in [0.2, 0.25) is 0 Å². The van der Waals surface area contributed by atoms with E-state index in [9.17, 15) is 4.79 Å². The fourth-order valence-corrected chi connectivity index (χ4v) is 9.26. The second-order valence-electron chi connectivity index (χ2n) is 12.8. The number of carbonyl (C=O) groups excluding carboxylic acids is 1. The number of rotatable bonds is 6. The first-order valence-electron chi connectivity index (χ1n) is 14.0. The van der Waals surface area contributed by atoms with Gasteiger partial charge in [0.25, 0.3) is 0 Å². The lowest BCUT2D eigenvalue weighted by Gasteiger charge is -2.61. The summed E-state index contributed by atoms with van der Waals surface area (Å²) in [5.74, 6) is 5.45. The molecule has 5 rings (SSSR count). The van der Waals surface area contributed by atoms with Crippen molar-refractivity contribution in [2.24, 2.45) is 56.5 Å². The molecule has 0 aromatic carbocycles. The second kappa shape index (κ2) is 9.52. The summed E-state index contributed by atoms with van der Waals surface area (Å²) in [5, 5.41) is 10.2. The van der Waals surface area contributed by atoms with Gasteiger partial charge in [-0.1, -0.05) is 27.2 Å². The van der Waals surface area contributed by atoms with E-state index in [0.29, 0.717) is 23.5 Å². The van der Waals surface area contributed by atoms with Gasteiger partial charge in [0.05, 0.1) is 12.8 Å². The molecule has 4 fully saturated rings. The predicted octanol–water partition coefficient (Wildman–Crippen LogP) is 6.61. The zero-order chi connectivity index (χ0) is 24.8. The van der Waals surface area contributed by atoms with E-state index in [1.54, 1.807) is 7.11 Å². The Balaban J connectivity index is 1.27. The minimum Gasteiger partial charge on any atom is -0.497 e. The molecule has 8 unspecified atom stereocenters. The fourth-order valence-electron chi connectivity index (χ4n) is 9.26. The zero-order valence-electron chi connectivity index (χ0n) is 22.3. The highest BCUT2D eigenvalue weighted by molar-refractivity contribution is 5.97. The summed E-state index contributed by atoms with van der Waals surface area (Å²) in [6, 6.07) is 0. The molecule has 8 atom stereocenters. The largest absolute Gasteiger partial charge is 0.497 e. The number of hydrogen-bond donors (Lipinski definition) is 0. The van der Waals surface area contributed by atoms with Crippen molar-refractivity contribution in [3.8, 4) is 0 Å². The fraction of sp³-hybridized carbons (Fsp3) is 0.767. The summed E-state index contributed by atoms with van der Waals surface area (Å²) in [5.41, 5.74) is 1.53. The van der Waals surface area contributed by atoms with Crippen molar-refractivity contribution < 1.29 is 9.53 Å². The number of hydrogen-bond acceptors (Lipinski definition) is 5. The molecule has 0 amide bonds. The van der Waals surface area contributed by atoms with Crippen LogP contribution in [0.5, 0.6) is 0 Å². The van der Waals surface area contributed by atoms with Gasteiger partial charge in [0, 0.05) is 19.1 Å². The Morgan fingerprint density at radius 3 is 2.57 bits per heavy atom. The maximum absolute atomic E-state index is 13.7. The molecule has 0 aromatic heterocycles. The number of nitrogens with zero attached hydrogens (tertiary/aromatic N) is 3. The molecule has 0 spiro atoms.